The van der Waals surface area contributed by atoms with Gasteiger partial charge in [-0.15, -0.1) is 18.3 Å². The third kappa shape index (κ3) is 3.48. The first-order valence-electron chi connectivity index (χ1n) is 14.0. The Hall–Kier alpha value is -0.850. The quantitative estimate of drug-likeness (QED) is 0.438. The van der Waals surface area contributed by atoms with Crippen LogP contribution in [-0.2, 0) is 14.3 Å². The van der Waals surface area contributed by atoms with Crippen molar-refractivity contribution in [1.82, 2.24) is 4.90 Å². The minimum atomic E-state index is -0.591. The lowest BCUT2D eigenvalue weighted by atomic mass is 9.50. The van der Waals surface area contributed by atoms with E-state index in [2.05, 4.69) is 32.4 Å². The van der Waals surface area contributed by atoms with E-state index in [1.807, 2.05) is 6.08 Å². The first-order chi connectivity index (χ1) is 16.6. The van der Waals surface area contributed by atoms with Crippen LogP contribution in [0, 0.1) is 34.0 Å². The minimum Gasteiger partial charge on any atom is -0.461 e. The predicted molar refractivity (Wildman–Crippen MR) is 138 cm³/mol. The van der Waals surface area contributed by atoms with Crippen LogP contribution in [0.5, 0.6) is 0 Å². The monoisotopic (exact) mass is 501 g/mol. The van der Waals surface area contributed by atoms with E-state index >= 15 is 0 Å². The van der Waals surface area contributed by atoms with Crippen molar-refractivity contribution in [1.29, 1.82) is 0 Å². The standard InChI is InChI=1S/C29H43NO4S/c1-5-27(3)15-23(34-24(32)16-35-21-12-19-6-7-20(13-21)30(19)4)29-14-18(29)8-10-28(17(2)26(27)33)11-9-22(31)25(28)29/h5,17-21,23,25-26,33H,1,6-16H2,2-4H3/t17-,18-,19?,20?,21?,23+,25+,26-,27+,28-,29-/m0/s1. The van der Waals surface area contributed by atoms with Crippen molar-refractivity contribution >= 4 is 23.5 Å². The Morgan fingerprint density at radius 2 is 1.94 bits per heavy atom. The van der Waals surface area contributed by atoms with E-state index < -0.39 is 11.5 Å². The molecule has 6 rings (SSSR count). The van der Waals surface area contributed by atoms with Crippen molar-refractivity contribution in [3.05, 3.63) is 12.7 Å². The van der Waals surface area contributed by atoms with Gasteiger partial charge < -0.3 is 14.7 Å². The topological polar surface area (TPSA) is 66.8 Å². The van der Waals surface area contributed by atoms with E-state index in [0.29, 0.717) is 47.6 Å². The van der Waals surface area contributed by atoms with Crippen LogP contribution in [0.4, 0.5) is 0 Å². The molecule has 194 valence electrons. The molecule has 4 bridgehead atoms. The first-order valence-corrected chi connectivity index (χ1v) is 15.1. The fourth-order valence-corrected chi connectivity index (χ4v) is 10.9. The molecule has 4 saturated carbocycles. The number of hydrogen-bond acceptors (Lipinski definition) is 6. The van der Waals surface area contributed by atoms with Gasteiger partial charge in [-0.25, -0.2) is 0 Å². The Bertz CT molecular complexity index is 910. The molecule has 0 aromatic rings. The number of esters is 1. The number of nitrogens with zero attached hydrogens (tertiary/aromatic N) is 1. The van der Waals surface area contributed by atoms with Crippen LogP contribution in [0.3, 0.4) is 0 Å². The van der Waals surface area contributed by atoms with Crippen molar-refractivity contribution in [2.75, 3.05) is 12.8 Å². The molecule has 2 aliphatic heterocycles. The molecular weight excluding hydrogens is 458 g/mol. The number of carbonyl (C=O) groups is 2. The fourth-order valence-electron chi connectivity index (χ4n) is 9.73. The lowest BCUT2D eigenvalue weighted by molar-refractivity contribution is -0.177. The van der Waals surface area contributed by atoms with Gasteiger partial charge >= 0.3 is 5.97 Å². The average Bonchev–Trinajstić information content (AvgIpc) is 3.45. The SMILES string of the molecule is C=C[C@]1(C)C[C@@H](OC(=O)CSC2CC3CCC(C2)N3C)[C@]23C[C@@H]2CC[C@]2(CCC(=O)[C@H]23)[C@@H](C)[C@@H]1O. The molecule has 6 fully saturated rings. The number of carbonyl (C=O) groups excluding carboxylic acids is 2. The smallest absolute Gasteiger partial charge is 0.316 e. The van der Waals surface area contributed by atoms with E-state index in [4.69, 9.17) is 4.74 Å². The number of rotatable bonds is 5. The highest BCUT2D eigenvalue weighted by Crippen LogP contribution is 2.77. The van der Waals surface area contributed by atoms with E-state index in [1.165, 1.54) is 12.8 Å². The highest BCUT2D eigenvalue weighted by Gasteiger charge is 2.76. The molecule has 1 spiro atoms. The lowest BCUT2D eigenvalue weighted by Crippen LogP contribution is -2.57. The van der Waals surface area contributed by atoms with Gasteiger partial charge in [-0.1, -0.05) is 19.9 Å². The summed E-state index contributed by atoms with van der Waals surface area (Å²) < 4.78 is 6.39. The van der Waals surface area contributed by atoms with Crippen LogP contribution in [-0.4, -0.2) is 64.1 Å². The second-order valence-electron chi connectivity index (χ2n) is 13.3. The maximum Gasteiger partial charge on any atom is 0.316 e. The van der Waals surface area contributed by atoms with Gasteiger partial charge in [-0.3, -0.25) is 9.59 Å². The molecule has 4 aliphatic carbocycles. The second-order valence-corrected chi connectivity index (χ2v) is 14.6. The Kier molecular flexibility index (Phi) is 5.82. The number of ketones is 1. The molecule has 6 heteroatoms. The van der Waals surface area contributed by atoms with E-state index in [0.717, 1.165) is 38.5 Å². The van der Waals surface area contributed by atoms with Crippen molar-refractivity contribution in [3.8, 4) is 0 Å². The van der Waals surface area contributed by atoms with Gasteiger partial charge in [0.2, 0.25) is 0 Å². The Labute approximate surface area is 214 Å². The third-order valence-corrected chi connectivity index (χ3v) is 13.2. The summed E-state index contributed by atoms with van der Waals surface area (Å²) in [7, 11) is 2.25. The molecule has 2 heterocycles. The number of fused-ring (bicyclic) bond motifs is 2. The van der Waals surface area contributed by atoms with Crippen LogP contribution in [0.1, 0.15) is 78.1 Å². The maximum atomic E-state index is 13.4. The molecule has 1 N–H and O–H groups in total. The molecule has 2 saturated heterocycles. The number of hydrogen-bond donors (Lipinski definition) is 1. The normalized spacial score (nSPS) is 52.7. The zero-order chi connectivity index (χ0) is 24.8. The van der Waals surface area contributed by atoms with Crippen molar-refractivity contribution in [2.24, 2.45) is 34.0 Å². The highest BCUT2D eigenvalue weighted by atomic mass is 32.2. The summed E-state index contributed by atoms with van der Waals surface area (Å²) >= 11 is 1.78. The average molecular weight is 502 g/mol. The fraction of sp³-hybridized carbons (Fsp3) is 0.862. The number of aliphatic hydroxyl groups excluding tert-OH is 1. The first kappa shape index (κ1) is 24.5. The number of aliphatic hydroxyl groups is 1. The Balaban J connectivity index is 1.23. The van der Waals surface area contributed by atoms with Crippen molar-refractivity contribution in [2.45, 2.75) is 108 Å². The summed E-state index contributed by atoms with van der Waals surface area (Å²) in [6, 6.07) is 1.33. The van der Waals surface area contributed by atoms with Crippen LogP contribution in [0.15, 0.2) is 12.7 Å². The molecule has 2 unspecified atom stereocenters. The Morgan fingerprint density at radius 1 is 1.23 bits per heavy atom. The van der Waals surface area contributed by atoms with Gasteiger partial charge in [0.05, 0.1) is 11.9 Å². The summed E-state index contributed by atoms with van der Waals surface area (Å²) in [4.78, 5) is 29.2. The molecule has 6 aliphatic rings. The second kappa shape index (κ2) is 8.33. The molecule has 0 amide bonds. The summed E-state index contributed by atoms with van der Waals surface area (Å²) in [6.45, 7) is 8.33. The summed E-state index contributed by atoms with van der Waals surface area (Å²) in [6.07, 6.45) is 11.0. The number of Topliss-reactive ketones (excluding diaryl/α,β-unsaturated/α-hetero) is 1. The summed E-state index contributed by atoms with van der Waals surface area (Å²) in [5.41, 5.74) is -0.926. The lowest BCUT2D eigenvalue weighted by Gasteiger charge is -2.55. The van der Waals surface area contributed by atoms with Gasteiger partial charge in [-0.2, -0.15) is 0 Å². The van der Waals surface area contributed by atoms with Gasteiger partial charge in [0.25, 0.3) is 0 Å². The molecule has 0 aromatic heterocycles. The van der Waals surface area contributed by atoms with E-state index in [-0.39, 0.29) is 34.7 Å². The third-order valence-electron chi connectivity index (χ3n) is 11.9. The minimum absolute atomic E-state index is 0.0346. The molecule has 10 atom stereocenters. The van der Waals surface area contributed by atoms with E-state index in [9.17, 15) is 14.7 Å². The molecule has 5 nitrogen and oxygen atoms in total. The number of thioether (sulfide) groups is 1. The highest BCUT2D eigenvalue weighted by molar-refractivity contribution is 8.00. The van der Waals surface area contributed by atoms with Crippen molar-refractivity contribution < 1.29 is 19.4 Å². The molecule has 0 radical (unpaired) electrons. The summed E-state index contributed by atoms with van der Waals surface area (Å²) in [5, 5.41) is 12.1. The number of piperidine rings is 1. The maximum absolute atomic E-state index is 13.4. The van der Waals surface area contributed by atoms with Gasteiger partial charge in [0.15, 0.2) is 0 Å². The largest absolute Gasteiger partial charge is 0.461 e. The zero-order valence-corrected chi connectivity index (χ0v) is 22.5. The number of ether oxygens (including phenoxy) is 1. The van der Waals surface area contributed by atoms with Crippen LogP contribution in [0.25, 0.3) is 0 Å². The van der Waals surface area contributed by atoms with Crippen LogP contribution >= 0.6 is 11.8 Å². The predicted octanol–water partition coefficient (Wildman–Crippen LogP) is 4.62. The van der Waals surface area contributed by atoms with Crippen molar-refractivity contribution in [3.63, 3.8) is 0 Å². The zero-order valence-electron chi connectivity index (χ0n) is 21.7. The van der Waals surface area contributed by atoms with Crippen LogP contribution in [0.2, 0.25) is 0 Å². The molecule has 35 heavy (non-hydrogen) atoms. The summed E-state index contributed by atoms with van der Waals surface area (Å²) in [5.74, 6) is 1.04. The molecular formula is C29H43NO4S. The van der Waals surface area contributed by atoms with E-state index in [1.54, 1.807) is 11.8 Å². The van der Waals surface area contributed by atoms with Gasteiger partial charge in [-0.05, 0) is 82.1 Å². The Morgan fingerprint density at radius 3 is 2.63 bits per heavy atom. The molecule has 0 aromatic carbocycles. The van der Waals surface area contributed by atoms with Gasteiger partial charge in [0.1, 0.15) is 11.9 Å². The van der Waals surface area contributed by atoms with Gasteiger partial charge in [0, 0.05) is 40.5 Å². The van der Waals surface area contributed by atoms with Crippen LogP contribution < -0.4 is 0 Å².